The van der Waals surface area contributed by atoms with Crippen LogP contribution in [0.3, 0.4) is 0 Å². The number of fused-ring (bicyclic) bond motifs is 2. The molecule has 8 heteroatoms. The first-order chi connectivity index (χ1) is 15.5. The van der Waals surface area contributed by atoms with E-state index in [9.17, 15) is 9.18 Å². The van der Waals surface area contributed by atoms with Crippen molar-refractivity contribution in [2.24, 2.45) is 0 Å². The summed E-state index contributed by atoms with van der Waals surface area (Å²) in [6.07, 6.45) is 1.37. The van der Waals surface area contributed by atoms with Crippen molar-refractivity contribution in [2.45, 2.75) is 13.0 Å². The van der Waals surface area contributed by atoms with Crippen LogP contribution in [-0.4, -0.2) is 19.5 Å². The lowest BCUT2D eigenvalue weighted by Crippen LogP contribution is -2.27. The van der Waals surface area contributed by atoms with E-state index in [0.29, 0.717) is 38.8 Å². The van der Waals surface area contributed by atoms with Gasteiger partial charge in [0, 0.05) is 0 Å². The first-order valence-electron chi connectivity index (χ1n) is 9.97. The number of rotatable bonds is 4. The summed E-state index contributed by atoms with van der Waals surface area (Å²) in [5, 5.41) is 4.16. The Bertz CT molecular complexity index is 1520. The summed E-state index contributed by atoms with van der Waals surface area (Å²) in [7, 11) is 0. The van der Waals surface area contributed by atoms with Crippen LogP contribution < -0.4 is 10.9 Å². The molecule has 0 aliphatic heterocycles. The van der Waals surface area contributed by atoms with Crippen LogP contribution in [0.2, 0.25) is 5.02 Å². The monoisotopic (exact) mass is 445 g/mol. The normalized spacial score (nSPS) is 12.2. The van der Waals surface area contributed by atoms with E-state index >= 15 is 0 Å². The fraction of sp³-hybridized carbons (Fsp3) is 0.0833. The lowest BCUT2D eigenvalue weighted by molar-refractivity contribution is 0.638. The highest BCUT2D eigenvalue weighted by atomic mass is 35.5. The van der Waals surface area contributed by atoms with Gasteiger partial charge in [0.2, 0.25) is 0 Å². The van der Waals surface area contributed by atoms with Crippen molar-refractivity contribution >= 4 is 39.2 Å². The van der Waals surface area contributed by atoms with Gasteiger partial charge in [0.05, 0.1) is 38.6 Å². The molecular formula is C24H17ClFN5O. The molecule has 32 heavy (non-hydrogen) atoms. The maximum Gasteiger partial charge on any atom is 0.267 e. The van der Waals surface area contributed by atoms with Crippen molar-refractivity contribution in [3.8, 4) is 5.69 Å². The van der Waals surface area contributed by atoms with E-state index in [1.54, 1.807) is 30.3 Å². The predicted molar refractivity (Wildman–Crippen MR) is 124 cm³/mol. The van der Waals surface area contributed by atoms with Crippen LogP contribution in [0.15, 0.2) is 77.9 Å². The number of nitrogens with one attached hydrogen (secondary N) is 1. The van der Waals surface area contributed by atoms with Crippen LogP contribution in [0, 0.1) is 5.82 Å². The fourth-order valence-corrected chi connectivity index (χ4v) is 4.02. The maximum atomic E-state index is 14.6. The van der Waals surface area contributed by atoms with Gasteiger partial charge in [-0.25, -0.2) is 19.3 Å². The Morgan fingerprint density at radius 1 is 0.938 bits per heavy atom. The molecule has 0 fully saturated rings. The number of nitrogens with zero attached hydrogens (tertiary/aromatic N) is 4. The molecule has 5 rings (SSSR count). The Morgan fingerprint density at radius 3 is 2.50 bits per heavy atom. The summed E-state index contributed by atoms with van der Waals surface area (Å²) in [6, 6.07) is 18.5. The van der Waals surface area contributed by atoms with Crippen LogP contribution in [0.25, 0.3) is 27.5 Å². The van der Waals surface area contributed by atoms with Crippen LogP contribution in [0.1, 0.15) is 18.8 Å². The van der Waals surface area contributed by atoms with Gasteiger partial charge in [-0.05, 0) is 43.3 Å². The minimum absolute atomic E-state index is 0.277. The summed E-state index contributed by atoms with van der Waals surface area (Å²) in [5.74, 6) is 0.330. The number of hydrogen-bond acceptors (Lipinski definition) is 5. The minimum atomic E-state index is -0.496. The quantitative estimate of drug-likeness (QED) is 0.406. The highest BCUT2D eigenvalue weighted by molar-refractivity contribution is 6.35. The summed E-state index contributed by atoms with van der Waals surface area (Å²) in [6.45, 7) is 1.84. The maximum absolute atomic E-state index is 14.6. The van der Waals surface area contributed by atoms with Crippen molar-refractivity contribution in [2.75, 3.05) is 5.32 Å². The number of para-hydroxylation sites is 1. The summed E-state index contributed by atoms with van der Waals surface area (Å²) in [5.41, 5.74) is 1.33. The lowest BCUT2D eigenvalue weighted by Gasteiger charge is -2.21. The second-order valence-corrected chi connectivity index (χ2v) is 7.71. The molecule has 0 saturated carbocycles. The number of benzene rings is 3. The SMILES string of the molecule is CC(Nc1ncnc2cccc(F)c12)c1nc2cccc(Cl)c2c(=O)n1-c1ccccc1. The molecule has 3 aromatic carbocycles. The molecule has 0 saturated heterocycles. The van der Waals surface area contributed by atoms with Gasteiger partial charge in [-0.2, -0.15) is 0 Å². The molecule has 5 aromatic rings. The largest absolute Gasteiger partial charge is 0.360 e. The Morgan fingerprint density at radius 2 is 1.69 bits per heavy atom. The number of anilines is 1. The van der Waals surface area contributed by atoms with Crippen molar-refractivity contribution < 1.29 is 4.39 Å². The van der Waals surface area contributed by atoms with Gasteiger partial charge in [-0.15, -0.1) is 0 Å². The van der Waals surface area contributed by atoms with Gasteiger partial charge >= 0.3 is 0 Å². The van der Waals surface area contributed by atoms with Crippen molar-refractivity contribution in [1.82, 2.24) is 19.5 Å². The Hall–Kier alpha value is -3.84. The average Bonchev–Trinajstić information content (AvgIpc) is 2.79. The van der Waals surface area contributed by atoms with Gasteiger partial charge in [-0.3, -0.25) is 9.36 Å². The highest BCUT2D eigenvalue weighted by Gasteiger charge is 2.21. The van der Waals surface area contributed by atoms with Crippen LogP contribution in [0.5, 0.6) is 0 Å². The molecular weight excluding hydrogens is 429 g/mol. The third kappa shape index (κ3) is 3.36. The van der Waals surface area contributed by atoms with E-state index in [4.69, 9.17) is 16.6 Å². The molecule has 0 radical (unpaired) electrons. The molecule has 2 heterocycles. The fourth-order valence-electron chi connectivity index (χ4n) is 3.77. The van der Waals surface area contributed by atoms with Gasteiger partial charge in [0.1, 0.15) is 23.8 Å². The van der Waals surface area contributed by atoms with E-state index in [0.717, 1.165) is 0 Å². The second kappa shape index (κ2) is 8.01. The smallest absolute Gasteiger partial charge is 0.267 e. The molecule has 0 amide bonds. The number of halogens is 2. The number of aromatic nitrogens is 4. The molecule has 158 valence electrons. The van der Waals surface area contributed by atoms with Crippen LogP contribution in [0.4, 0.5) is 10.2 Å². The molecule has 1 atom stereocenters. The number of hydrogen-bond donors (Lipinski definition) is 1. The zero-order valence-corrected chi connectivity index (χ0v) is 17.7. The van der Waals surface area contributed by atoms with E-state index < -0.39 is 11.9 Å². The van der Waals surface area contributed by atoms with E-state index in [-0.39, 0.29) is 10.9 Å². The Kier molecular flexibility index (Phi) is 5.03. The summed E-state index contributed by atoms with van der Waals surface area (Å²) < 4.78 is 16.1. The van der Waals surface area contributed by atoms with Crippen molar-refractivity contribution in [1.29, 1.82) is 0 Å². The molecule has 0 bridgehead atoms. The molecule has 0 aliphatic rings. The second-order valence-electron chi connectivity index (χ2n) is 7.30. The topological polar surface area (TPSA) is 72.7 Å². The molecule has 6 nitrogen and oxygen atoms in total. The molecule has 1 N–H and O–H groups in total. The Labute approximate surface area is 187 Å². The summed E-state index contributed by atoms with van der Waals surface area (Å²) >= 11 is 6.34. The molecule has 1 unspecified atom stereocenters. The van der Waals surface area contributed by atoms with Crippen LogP contribution >= 0.6 is 11.6 Å². The highest BCUT2D eigenvalue weighted by Crippen LogP contribution is 2.27. The summed E-state index contributed by atoms with van der Waals surface area (Å²) in [4.78, 5) is 26.6. The zero-order chi connectivity index (χ0) is 22.2. The molecule has 2 aromatic heterocycles. The van der Waals surface area contributed by atoms with Gasteiger partial charge < -0.3 is 5.32 Å². The third-order valence-electron chi connectivity index (χ3n) is 5.24. The van der Waals surface area contributed by atoms with Gasteiger partial charge in [0.25, 0.3) is 5.56 Å². The predicted octanol–water partition coefficient (Wildman–Crippen LogP) is 5.29. The Balaban J connectivity index is 1.71. The van der Waals surface area contributed by atoms with Crippen molar-refractivity contribution in [3.63, 3.8) is 0 Å². The molecule has 0 aliphatic carbocycles. The van der Waals surface area contributed by atoms with Gasteiger partial charge in [-0.1, -0.05) is 41.9 Å². The first-order valence-corrected chi connectivity index (χ1v) is 10.3. The molecule has 0 spiro atoms. The van der Waals surface area contributed by atoms with Gasteiger partial charge in [0.15, 0.2) is 0 Å². The van der Waals surface area contributed by atoms with E-state index in [2.05, 4.69) is 15.3 Å². The van der Waals surface area contributed by atoms with Crippen LogP contribution in [-0.2, 0) is 0 Å². The van der Waals surface area contributed by atoms with Crippen molar-refractivity contribution in [3.05, 3.63) is 100 Å². The third-order valence-corrected chi connectivity index (χ3v) is 5.55. The van der Waals surface area contributed by atoms with E-state index in [1.807, 2.05) is 37.3 Å². The minimum Gasteiger partial charge on any atom is -0.360 e. The first kappa shape index (κ1) is 20.1. The van der Waals surface area contributed by atoms with E-state index in [1.165, 1.54) is 17.0 Å². The lowest BCUT2D eigenvalue weighted by atomic mass is 10.2. The standard InChI is InChI=1S/C24H17ClFN5O/c1-14(29-22-21-17(26)10-6-11-18(21)27-13-28-22)23-30-19-12-5-9-16(25)20(19)24(32)31(23)15-7-3-2-4-8-15/h2-14H,1H3,(H,27,28,29). The average molecular weight is 446 g/mol. The zero-order valence-electron chi connectivity index (χ0n) is 17.0.